The Hall–Kier alpha value is -1.69. The van der Waals surface area contributed by atoms with Gasteiger partial charge in [-0.15, -0.1) is 20.4 Å². The molecule has 0 unspecified atom stereocenters. The molecule has 0 spiro atoms. The molecule has 0 saturated heterocycles. The maximum absolute atomic E-state index is 13.4. The molecule has 0 fully saturated rings. The number of hydrogen-bond donors (Lipinski definition) is 0. The van der Waals surface area contributed by atoms with Crippen molar-refractivity contribution < 1.29 is 8.78 Å². The highest BCUT2D eigenvalue weighted by Crippen LogP contribution is 2.25. The average Bonchev–Trinajstić information content (AvgIpc) is 2.19. The van der Waals surface area contributed by atoms with Gasteiger partial charge in [-0.1, -0.05) is 11.6 Å². The maximum Gasteiger partial charge on any atom is 0.209 e. The van der Waals surface area contributed by atoms with Gasteiger partial charge in [-0.3, -0.25) is 0 Å². The van der Waals surface area contributed by atoms with E-state index in [2.05, 4.69) is 20.4 Å². The zero-order chi connectivity index (χ0) is 11.7. The standard InChI is InChI=1S/C9H5ClF2N4/c1-4-13-15-9(16-14-4)8-6(11)2-5(10)3-7(8)12/h2-3H,1H3. The van der Waals surface area contributed by atoms with Crippen LogP contribution in [0.25, 0.3) is 11.4 Å². The number of benzene rings is 1. The summed E-state index contributed by atoms with van der Waals surface area (Å²) >= 11 is 5.48. The minimum absolute atomic E-state index is 0.0354. The van der Waals surface area contributed by atoms with E-state index in [-0.39, 0.29) is 16.4 Å². The van der Waals surface area contributed by atoms with Gasteiger partial charge in [-0.25, -0.2) is 8.78 Å². The first-order chi connectivity index (χ1) is 7.58. The van der Waals surface area contributed by atoms with E-state index in [0.717, 1.165) is 12.1 Å². The Morgan fingerprint density at radius 3 is 2.00 bits per heavy atom. The first-order valence-electron chi connectivity index (χ1n) is 4.27. The fourth-order valence-electron chi connectivity index (χ4n) is 1.14. The largest absolute Gasteiger partial charge is 0.209 e. The molecule has 1 aromatic carbocycles. The summed E-state index contributed by atoms with van der Waals surface area (Å²) in [5.41, 5.74) is -0.385. The molecule has 4 nitrogen and oxygen atoms in total. The second kappa shape index (κ2) is 4.05. The molecular formula is C9H5ClF2N4. The Morgan fingerprint density at radius 2 is 1.50 bits per heavy atom. The fraction of sp³-hybridized carbons (Fsp3) is 0.111. The van der Waals surface area contributed by atoms with E-state index < -0.39 is 11.6 Å². The van der Waals surface area contributed by atoms with Crippen molar-refractivity contribution in [2.45, 2.75) is 6.92 Å². The molecule has 82 valence electrons. The van der Waals surface area contributed by atoms with Gasteiger partial charge in [0.25, 0.3) is 0 Å². The zero-order valence-corrected chi connectivity index (χ0v) is 8.83. The quantitative estimate of drug-likeness (QED) is 0.769. The molecule has 1 heterocycles. The molecule has 0 aliphatic carbocycles. The minimum Gasteiger partial charge on any atom is -0.206 e. The van der Waals surface area contributed by atoms with Crippen LogP contribution in [0.5, 0.6) is 0 Å². The van der Waals surface area contributed by atoms with Crippen LogP contribution in [-0.2, 0) is 0 Å². The number of hydrogen-bond acceptors (Lipinski definition) is 4. The molecule has 7 heteroatoms. The maximum atomic E-state index is 13.4. The van der Waals surface area contributed by atoms with Crippen LogP contribution in [0.3, 0.4) is 0 Å². The molecule has 0 bridgehead atoms. The summed E-state index contributed by atoms with van der Waals surface area (Å²) < 4.78 is 26.9. The van der Waals surface area contributed by atoms with Crippen LogP contribution in [0.2, 0.25) is 5.02 Å². The molecule has 16 heavy (non-hydrogen) atoms. The van der Waals surface area contributed by atoms with Gasteiger partial charge in [0.1, 0.15) is 11.6 Å². The SMILES string of the molecule is Cc1nnc(-c2c(F)cc(Cl)cc2F)nn1. The van der Waals surface area contributed by atoms with Crippen LogP contribution in [0.15, 0.2) is 12.1 Å². The summed E-state index contributed by atoms with van der Waals surface area (Å²) in [5.74, 6) is -1.59. The van der Waals surface area contributed by atoms with Crippen molar-refractivity contribution in [3.05, 3.63) is 34.6 Å². The number of rotatable bonds is 1. The third kappa shape index (κ3) is 1.96. The van der Waals surface area contributed by atoms with Crippen LogP contribution in [0.1, 0.15) is 5.82 Å². The van der Waals surface area contributed by atoms with Gasteiger partial charge in [0.2, 0.25) is 5.82 Å². The number of aryl methyl sites for hydroxylation is 1. The van der Waals surface area contributed by atoms with Crippen molar-refractivity contribution in [1.82, 2.24) is 20.4 Å². The summed E-state index contributed by atoms with van der Waals surface area (Å²) in [6.45, 7) is 1.57. The van der Waals surface area contributed by atoms with Gasteiger partial charge in [0, 0.05) is 5.02 Å². The van der Waals surface area contributed by atoms with E-state index in [4.69, 9.17) is 11.6 Å². The first-order valence-corrected chi connectivity index (χ1v) is 4.64. The number of aromatic nitrogens is 4. The fourth-order valence-corrected chi connectivity index (χ4v) is 1.33. The molecule has 0 aliphatic rings. The van der Waals surface area contributed by atoms with Crippen molar-refractivity contribution in [2.24, 2.45) is 0 Å². The van der Waals surface area contributed by atoms with Crippen LogP contribution in [-0.4, -0.2) is 20.4 Å². The zero-order valence-electron chi connectivity index (χ0n) is 8.08. The summed E-state index contributed by atoms with van der Waals surface area (Å²) in [6, 6.07) is 1.95. The molecule has 2 aromatic rings. The van der Waals surface area contributed by atoms with Gasteiger partial charge in [0.15, 0.2) is 5.82 Å². The van der Waals surface area contributed by atoms with Crippen molar-refractivity contribution >= 4 is 11.6 Å². The van der Waals surface area contributed by atoms with Crippen LogP contribution < -0.4 is 0 Å². The van der Waals surface area contributed by atoms with E-state index in [1.165, 1.54) is 0 Å². The van der Waals surface area contributed by atoms with Crippen molar-refractivity contribution in [3.8, 4) is 11.4 Å². The van der Waals surface area contributed by atoms with E-state index >= 15 is 0 Å². The Labute approximate surface area is 94.3 Å². The molecule has 2 rings (SSSR count). The monoisotopic (exact) mass is 242 g/mol. The van der Waals surface area contributed by atoms with E-state index in [9.17, 15) is 8.78 Å². The predicted molar refractivity (Wildman–Crippen MR) is 52.7 cm³/mol. The highest BCUT2D eigenvalue weighted by atomic mass is 35.5. The lowest BCUT2D eigenvalue weighted by atomic mass is 10.2. The lowest BCUT2D eigenvalue weighted by molar-refractivity contribution is 0.585. The Morgan fingerprint density at radius 1 is 1.00 bits per heavy atom. The highest BCUT2D eigenvalue weighted by molar-refractivity contribution is 6.30. The average molecular weight is 243 g/mol. The Bertz CT molecular complexity index is 507. The predicted octanol–water partition coefficient (Wildman–Crippen LogP) is 2.17. The third-order valence-corrected chi connectivity index (χ3v) is 2.03. The van der Waals surface area contributed by atoms with Crippen LogP contribution >= 0.6 is 11.6 Å². The van der Waals surface area contributed by atoms with Crippen molar-refractivity contribution in [2.75, 3.05) is 0 Å². The van der Waals surface area contributed by atoms with Gasteiger partial charge < -0.3 is 0 Å². The molecule has 0 N–H and O–H groups in total. The topological polar surface area (TPSA) is 51.6 Å². The van der Waals surface area contributed by atoms with Crippen molar-refractivity contribution in [3.63, 3.8) is 0 Å². The lowest BCUT2D eigenvalue weighted by Crippen LogP contribution is -2.02. The normalized spacial score (nSPS) is 10.5. The smallest absolute Gasteiger partial charge is 0.206 e. The molecular weight excluding hydrogens is 238 g/mol. The highest BCUT2D eigenvalue weighted by Gasteiger charge is 2.16. The summed E-state index contributed by atoms with van der Waals surface area (Å²) in [7, 11) is 0. The summed E-state index contributed by atoms with van der Waals surface area (Å²) in [5, 5.41) is 14.2. The molecule has 0 atom stereocenters. The van der Waals surface area contributed by atoms with Crippen LogP contribution in [0, 0.1) is 18.6 Å². The van der Waals surface area contributed by atoms with E-state index in [0.29, 0.717) is 5.82 Å². The lowest BCUT2D eigenvalue weighted by Gasteiger charge is -2.02. The number of nitrogens with zero attached hydrogens (tertiary/aromatic N) is 4. The second-order valence-electron chi connectivity index (χ2n) is 3.02. The van der Waals surface area contributed by atoms with Crippen LogP contribution in [0.4, 0.5) is 8.78 Å². The summed E-state index contributed by atoms with van der Waals surface area (Å²) in [6.07, 6.45) is 0. The molecule has 1 aromatic heterocycles. The van der Waals surface area contributed by atoms with Gasteiger partial charge in [-0.05, 0) is 19.1 Å². The van der Waals surface area contributed by atoms with E-state index in [1.54, 1.807) is 6.92 Å². The molecule has 0 saturated carbocycles. The van der Waals surface area contributed by atoms with Gasteiger partial charge in [0.05, 0.1) is 5.56 Å². The van der Waals surface area contributed by atoms with Gasteiger partial charge in [-0.2, -0.15) is 0 Å². The van der Waals surface area contributed by atoms with Crippen molar-refractivity contribution in [1.29, 1.82) is 0 Å². The summed E-state index contributed by atoms with van der Waals surface area (Å²) in [4.78, 5) is 0. The molecule has 0 aliphatic heterocycles. The Kier molecular flexibility index (Phi) is 2.74. The first kappa shape index (κ1) is 10.8. The Balaban J connectivity index is 2.60. The van der Waals surface area contributed by atoms with Gasteiger partial charge >= 0.3 is 0 Å². The number of halogens is 3. The van der Waals surface area contributed by atoms with E-state index in [1.807, 2.05) is 0 Å². The molecule has 0 radical (unpaired) electrons. The second-order valence-corrected chi connectivity index (χ2v) is 3.45. The molecule has 0 amide bonds. The minimum atomic E-state index is -0.850. The third-order valence-electron chi connectivity index (χ3n) is 1.81.